The van der Waals surface area contributed by atoms with E-state index in [0.717, 1.165) is 10.7 Å². The summed E-state index contributed by atoms with van der Waals surface area (Å²) in [6.45, 7) is 5.02. The molecule has 0 saturated carbocycles. The third-order valence-corrected chi connectivity index (χ3v) is 3.92. The van der Waals surface area contributed by atoms with Gasteiger partial charge in [-0.2, -0.15) is 4.37 Å². The van der Waals surface area contributed by atoms with Crippen LogP contribution in [0.2, 0.25) is 0 Å². The summed E-state index contributed by atoms with van der Waals surface area (Å²) in [6.07, 6.45) is 1.10. The Hall–Kier alpha value is -1.43. The molecule has 0 spiro atoms. The van der Waals surface area contributed by atoms with Gasteiger partial charge in [0, 0.05) is 19.5 Å². The Kier molecular flexibility index (Phi) is 3.96. The van der Waals surface area contributed by atoms with Crippen molar-refractivity contribution in [1.82, 2.24) is 9.27 Å². The number of hydrogen-bond donors (Lipinski definition) is 1. The van der Waals surface area contributed by atoms with E-state index in [9.17, 15) is 9.59 Å². The van der Waals surface area contributed by atoms with Gasteiger partial charge < -0.3 is 10.2 Å². The summed E-state index contributed by atoms with van der Waals surface area (Å²) < 4.78 is 4.12. The smallest absolute Gasteiger partial charge is 0.229 e. The monoisotopic (exact) mass is 267 g/mol. The Morgan fingerprint density at radius 2 is 2.44 bits per heavy atom. The molecule has 0 radical (unpaired) electrons. The molecule has 1 N–H and O–H groups in total. The van der Waals surface area contributed by atoms with E-state index in [1.165, 1.54) is 11.5 Å². The van der Waals surface area contributed by atoms with Gasteiger partial charge in [-0.15, -0.1) is 0 Å². The topological polar surface area (TPSA) is 62.3 Å². The van der Waals surface area contributed by atoms with Crippen LogP contribution < -0.4 is 5.32 Å². The van der Waals surface area contributed by atoms with Crippen LogP contribution >= 0.6 is 11.5 Å². The Labute approximate surface area is 110 Å². The van der Waals surface area contributed by atoms with Gasteiger partial charge in [0.2, 0.25) is 11.8 Å². The first-order valence-corrected chi connectivity index (χ1v) is 6.89. The average Bonchev–Trinajstić information content (AvgIpc) is 2.75. The molecular weight excluding hydrogens is 250 g/mol. The minimum Gasteiger partial charge on any atom is -0.342 e. The summed E-state index contributed by atoms with van der Waals surface area (Å²) in [5, 5.41) is 3.65. The summed E-state index contributed by atoms with van der Waals surface area (Å²) in [4.78, 5) is 25.4. The summed E-state index contributed by atoms with van der Waals surface area (Å²) in [5.41, 5.74) is 0.907. The number of anilines is 1. The van der Waals surface area contributed by atoms with Crippen molar-refractivity contribution >= 4 is 28.3 Å². The van der Waals surface area contributed by atoms with Crippen LogP contribution in [0.3, 0.4) is 0 Å². The standard InChI is InChI=1S/C12H17N3O2S/c1-3-15-7-9(4-5-11(15)16)12(17)13-10-6-8(2)14-18-10/h6,9H,3-5,7H2,1-2H3,(H,13,17). The van der Waals surface area contributed by atoms with Crippen LogP contribution in [0.15, 0.2) is 6.07 Å². The first-order valence-electron chi connectivity index (χ1n) is 6.12. The number of piperidine rings is 1. The number of carbonyl (C=O) groups is 2. The van der Waals surface area contributed by atoms with E-state index in [2.05, 4.69) is 9.69 Å². The van der Waals surface area contributed by atoms with E-state index < -0.39 is 0 Å². The maximum Gasteiger partial charge on any atom is 0.229 e. The maximum absolute atomic E-state index is 12.1. The first-order chi connectivity index (χ1) is 8.60. The lowest BCUT2D eigenvalue weighted by Gasteiger charge is -2.30. The molecule has 1 aromatic heterocycles. The third kappa shape index (κ3) is 2.87. The maximum atomic E-state index is 12.1. The summed E-state index contributed by atoms with van der Waals surface area (Å²) in [5.74, 6) is 0.0323. The molecule has 1 fully saturated rings. The highest BCUT2D eigenvalue weighted by molar-refractivity contribution is 7.10. The zero-order valence-corrected chi connectivity index (χ0v) is 11.4. The minimum absolute atomic E-state index is 0.00963. The van der Waals surface area contributed by atoms with Crippen LogP contribution in [-0.2, 0) is 9.59 Å². The average molecular weight is 267 g/mol. The predicted molar refractivity (Wildman–Crippen MR) is 70.5 cm³/mol. The van der Waals surface area contributed by atoms with Crippen LogP contribution in [0.5, 0.6) is 0 Å². The zero-order chi connectivity index (χ0) is 13.1. The van der Waals surface area contributed by atoms with Crippen LogP contribution in [0.4, 0.5) is 5.00 Å². The number of amides is 2. The van der Waals surface area contributed by atoms with E-state index in [-0.39, 0.29) is 17.7 Å². The van der Waals surface area contributed by atoms with Crippen molar-refractivity contribution < 1.29 is 9.59 Å². The van der Waals surface area contributed by atoms with E-state index in [1.54, 1.807) is 4.90 Å². The number of nitrogens with zero attached hydrogens (tertiary/aromatic N) is 2. The molecule has 1 aliphatic rings. The largest absolute Gasteiger partial charge is 0.342 e. The van der Waals surface area contributed by atoms with Gasteiger partial charge in [0.15, 0.2) is 0 Å². The fourth-order valence-corrected chi connectivity index (χ4v) is 2.74. The van der Waals surface area contributed by atoms with Crippen LogP contribution in [-0.4, -0.2) is 34.2 Å². The molecule has 6 heteroatoms. The first kappa shape index (κ1) is 13.0. The fraction of sp³-hybridized carbons (Fsp3) is 0.583. The second-order valence-electron chi connectivity index (χ2n) is 4.49. The quantitative estimate of drug-likeness (QED) is 0.905. The van der Waals surface area contributed by atoms with Crippen molar-refractivity contribution in [2.75, 3.05) is 18.4 Å². The van der Waals surface area contributed by atoms with Crippen molar-refractivity contribution in [3.05, 3.63) is 11.8 Å². The van der Waals surface area contributed by atoms with Gasteiger partial charge in [-0.1, -0.05) is 0 Å². The Morgan fingerprint density at radius 3 is 3.06 bits per heavy atom. The van der Waals surface area contributed by atoms with Gasteiger partial charge in [0.1, 0.15) is 5.00 Å². The summed E-state index contributed by atoms with van der Waals surface area (Å²) in [7, 11) is 0. The van der Waals surface area contributed by atoms with E-state index in [4.69, 9.17) is 0 Å². The normalized spacial score (nSPS) is 20.0. The highest BCUT2D eigenvalue weighted by atomic mass is 32.1. The van der Waals surface area contributed by atoms with Gasteiger partial charge in [0.25, 0.3) is 0 Å². The van der Waals surface area contributed by atoms with Crippen LogP contribution in [0.25, 0.3) is 0 Å². The van der Waals surface area contributed by atoms with E-state index in [0.29, 0.717) is 25.9 Å². The number of aryl methyl sites for hydroxylation is 1. The molecule has 5 nitrogen and oxygen atoms in total. The van der Waals surface area contributed by atoms with Crippen molar-refractivity contribution in [2.24, 2.45) is 5.92 Å². The number of aromatic nitrogens is 1. The Bertz CT molecular complexity index is 458. The van der Waals surface area contributed by atoms with Crippen molar-refractivity contribution in [1.29, 1.82) is 0 Å². The summed E-state index contributed by atoms with van der Waals surface area (Å²) >= 11 is 1.29. The molecule has 0 aliphatic carbocycles. The second-order valence-corrected chi connectivity index (χ2v) is 5.29. The molecule has 1 atom stereocenters. The number of rotatable bonds is 3. The number of likely N-dealkylation sites (tertiary alicyclic amines) is 1. The fourth-order valence-electron chi connectivity index (χ4n) is 2.08. The number of nitrogens with one attached hydrogen (secondary N) is 1. The molecule has 0 bridgehead atoms. The van der Waals surface area contributed by atoms with Gasteiger partial charge in [0.05, 0.1) is 11.6 Å². The van der Waals surface area contributed by atoms with Gasteiger partial charge in [-0.3, -0.25) is 9.59 Å². The van der Waals surface area contributed by atoms with Crippen LogP contribution in [0.1, 0.15) is 25.5 Å². The molecule has 1 aliphatic heterocycles. The lowest BCUT2D eigenvalue weighted by Crippen LogP contribution is -2.43. The predicted octanol–water partition coefficient (Wildman–Crippen LogP) is 1.65. The lowest BCUT2D eigenvalue weighted by atomic mass is 9.97. The van der Waals surface area contributed by atoms with Crippen molar-refractivity contribution in [3.8, 4) is 0 Å². The molecule has 2 heterocycles. The molecule has 2 amide bonds. The molecule has 0 aromatic carbocycles. The van der Waals surface area contributed by atoms with Gasteiger partial charge in [-0.25, -0.2) is 0 Å². The zero-order valence-electron chi connectivity index (χ0n) is 10.6. The highest BCUT2D eigenvalue weighted by Gasteiger charge is 2.29. The third-order valence-electron chi connectivity index (χ3n) is 3.13. The Balaban J connectivity index is 1.95. The van der Waals surface area contributed by atoms with Gasteiger partial charge in [-0.05, 0) is 37.9 Å². The molecule has 2 rings (SSSR count). The molecule has 1 aromatic rings. The Morgan fingerprint density at radius 1 is 1.67 bits per heavy atom. The number of hydrogen-bond acceptors (Lipinski definition) is 4. The molecule has 98 valence electrons. The van der Waals surface area contributed by atoms with E-state index >= 15 is 0 Å². The number of carbonyl (C=O) groups excluding carboxylic acids is 2. The van der Waals surface area contributed by atoms with Gasteiger partial charge >= 0.3 is 0 Å². The minimum atomic E-state index is -0.106. The highest BCUT2D eigenvalue weighted by Crippen LogP contribution is 2.21. The molecule has 1 unspecified atom stereocenters. The van der Waals surface area contributed by atoms with Crippen molar-refractivity contribution in [3.63, 3.8) is 0 Å². The molecular formula is C12H17N3O2S. The van der Waals surface area contributed by atoms with E-state index in [1.807, 2.05) is 19.9 Å². The lowest BCUT2D eigenvalue weighted by molar-refractivity contribution is -0.136. The molecule has 1 saturated heterocycles. The molecule has 18 heavy (non-hydrogen) atoms. The van der Waals surface area contributed by atoms with Crippen molar-refractivity contribution in [2.45, 2.75) is 26.7 Å². The SMILES string of the molecule is CCN1CC(C(=O)Nc2cc(C)ns2)CCC1=O. The van der Waals surface area contributed by atoms with Crippen LogP contribution in [0, 0.1) is 12.8 Å². The summed E-state index contributed by atoms with van der Waals surface area (Å²) in [6, 6.07) is 1.86. The second kappa shape index (κ2) is 5.48.